The number of para-hydroxylation sites is 1. The van der Waals surface area contributed by atoms with Crippen LogP contribution in [0.2, 0.25) is 0 Å². The second-order valence-corrected chi connectivity index (χ2v) is 9.09. The minimum Gasteiger partial charge on any atom is -0.480 e. The van der Waals surface area contributed by atoms with E-state index >= 15 is 0 Å². The van der Waals surface area contributed by atoms with Crippen LogP contribution in [0, 0.1) is 6.92 Å². The van der Waals surface area contributed by atoms with Crippen molar-refractivity contribution in [1.29, 1.82) is 0 Å². The van der Waals surface area contributed by atoms with Gasteiger partial charge >= 0.3 is 0 Å². The van der Waals surface area contributed by atoms with Crippen LogP contribution in [0.15, 0.2) is 30.3 Å². The predicted octanol–water partition coefficient (Wildman–Crippen LogP) is 3.10. The summed E-state index contributed by atoms with van der Waals surface area (Å²) in [5.41, 5.74) is 2.14. The number of anilines is 1. The number of thiophene rings is 1. The molecule has 0 atom stereocenters. The molecular formula is C24H31N5O3S. The van der Waals surface area contributed by atoms with Crippen molar-refractivity contribution in [3.05, 3.63) is 46.6 Å². The monoisotopic (exact) mass is 469 g/mol. The zero-order chi connectivity index (χ0) is 23.2. The first-order valence-electron chi connectivity index (χ1n) is 11.2. The summed E-state index contributed by atoms with van der Waals surface area (Å²) in [6.07, 6.45) is 0.919. The normalized spacial score (nSPS) is 14.6. The maximum Gasteiger partial charge on any atom is 0.261 e. The number of aromatic nitrogens is 2. The van der Waals surface area contributed by atoms with Gasteiger partial charge < -0.3 is 19.7 Å². The number of rotatable bonds is 9. The van der Waals surface area contributed by atoms with Gasteiger partial charge in [0.05, 0.1) is 17.4 Å². The average Bonchev–Trinajstić information content (AvgIpc) is 3.18. The Morgan fingerprint density at radius 3 is 2.58 bits per heavy atom. The van der Waals surface area contributed by atoms with Gasteiger partial charge in [0.1, 0.15) is 11.4 Å². The Morgan fingerprint density at radius 1 is 1.12 bits per heavy atom. The van der Waals surface area contributed by atoms with Crippen LogP contribution in [0.3, 0.4) is 0 Å². The largest absolute Gasteiger partial charge is 0.480 e. The van der Waals surface area contributed by atoms with Crippen molar-refractivity contribution in [2.75, 3.05) is 58.4 Å². The quantitative estimate of drug-likeness (QED) is 0.483. The van der Waals surface area contributed by atoms with Gasteiger partial charge in [0, 0.05) is 45.5 Å². The zero-order valence-corrected chi connectivity index (χ0v) is 20.3. The van der Waals surface area contributed by atoms with E-state index in [0.29, 0.717) is 29.7 Å². The summed E-state index contributed by atoms with van der Waals surface area (Å²) in [6, 6.07) is 10.6. The Hall–Kier alpha value is -2.75. The van der Waals surface area contributed by atoms with Gasteiger partial charge in [0.25, 0.3) is 5.91 Å². The van der Waals surface area contributed by atoms with Crippen molar-refractivity contribution in [1.82, 2.24) is 20.2 Å². The molecule has 176 valence electrons. The van der Waals surface area contributed by atoms with Crippen LogP contribution in [-0.4, -0.2) is 74.3 Å². The highest BCUT2D eigenvalue weighted by Gasteiger charge is 2.21. The van der Waals surface area contributed by atoms with Crippen molar-refractivity contribution in [3.63, 3.8) is 0 Å². The molecule has 1 amide bonds. The molecule has 1 saturated heterocycles. The van der Waals surface area contributed by atoms with Gasteiger partial charge in [-0.25, -0.2) is 4.98 Å². The number of amides is 1. The molecule has 8 nitrogen and oxygen atoms in total. The number of fused-ring (bicyclic) bond motifs is 1. The lowest BCUT2D eigenvalue weighted by atomic mass is 10.2. The smallest absolute Gasteiger partial charge is 0.261 e. The summed E-state index contributed by atoms with van der Waals surface area (Å²) in [7, 11) is 3.18. The van der Waals surface area contributed by atoms with Gasteiger partial charge in [-0.15, -0.1) is 11.3 Å². The van der Waals surface area contributed by atoms with Crippen molar-refractivity contribution in [2.45, 2.75) is 20.0 Å². The van der Waals surface area contributed by atoms with E-state index in [-0.39, 0.29) is 5.91 Å². The molecule has 0 aliphatic carbocycles. The molecule has 1 aromatic carbocycles. The van der Waals surface area contributed by atoms with Gasteiger partial charge in [-0.05, 0) is 37.6 Å². The molecule has 0 spiro atoms. The van der Waals surface area contributed by atoms with E-state index in [4.69, 9.17) is 9.47 Å². The molecule has 3 heterocycles. The Labute approximate surface area is 198 Å². The van der Waals surface area contributed by atoms with Crippen LogP contribution in [0.1, 0.15) is 27.5 Å². The summed E-state index contributed by atoms with van der Waals surface area (Å²) < 4.78 is 10.6. The first-order valence-corrected chi connectivity index (χ1v) is 12.1. The van der Waals surface area contributed by atoms with E-state index in [1.165, 1.54) is 17.0 Å². The Morgan fingerprint density at radius 2 is 1.88 bits per heavy atom. The molecule has 3 aromatic rings. The third kappa shape index (κ3) is 5.43. The summed E-state index contributed by atoms with van der Waals surface area (Å²) in [5.74, 6) is 0.955. The zero-order valence-electron chi connectivity index (χ0n) is 19.5. The number of aryl methyl sites for hydroxylation is 1. The first-order chi connectivity index (χ1) is 16.1. The highest BCUT2D eigenvalue weighted by Crippen LogP contribution is 2.35. The molecule has 0 bridgehead atoms. The van der Waals surface area contributed by atoms with Crippen LogP contribution in [0.25, 0.3) is 10.2 Å². The maximum atomic E-state index is 12.9. The van der Waals surface area contributed by atoms with Crippen molar-refractivity contribution in [2.24, 2.45) is 0 Å². The van der Waals surface area contributed by atoms with E-state index in [1.54, 1.807) is 14.2 Å². The van der Waals surface area contributed by atoms with Crippen LogP contribution >= 0.6 is 11.3 Å². The Bertz CT molecular complexity index is 1080. The fourth-order valence-corrected chi connectivity index (χ4v) is 5.26. The van der Waals surface area contributed by atoms with Crippen LogP contribution in [0.5, 0.6) is 5.88 Å². The van der Waals surface area contributed by atoms with Gasteiger partial charge in [-0.2, -0.15) is 4.98 Å². The van der Waals surface area contributed by atoms with Crippen LogP contribution in [-0.2, 0) is 11.3 Å². The number of nitrogens with one attached hydrogen (secondary N) is 1. The van der Waals surface area contributed by atoms with E-state index in [0.717, 1.165) is 54.9 Å². The third-order valence-corrected chi connectivity index (χ3v) is 7.09. The third-order valence-electron chi connectivity index (χ3n) is 5.91. The van der Waals surface area contributed by atoms with Crippen LogP contribution in [0.4, 0.5) is 5.69 Å². The van der Waals surface area contributed by atoms with Crippen LogP contribution < -0.4 is 15.0 Å². The standard InChI is InChI=1S/C24H31N5O3S/c1-17-20-23(32-3)26-19(16-31-2)27-24(20)33-21(17)22(30)25-10-7-11-28-12-14-29(15-13-28)18-8-5-4-6-9-18/h4-6,8-9H,7,10-16H2,1-3H3,(H,25,30). The molecule has 1 aliphatic heterocycles. The topological polar surface area (TPSA) is 79.8 Å². The number of carbonyl (C=O) groups excluding carboxylic acids is 1. The SMILES string of the molecule is COCc1nc(OC)c2c(C)c(C(=O)NCCCN3CCN(c4ccccc4)CC3)sc2n1. The fourth-order valence-electron chi connectivity index (χ4n) is 4.16. The van der Waals surface area contributed by atoms with Crippen molar-refractivity contribution >= 4 is 33.1 Å². The number of piperazine rings is 1. The molecule has 0 radical (unpaired) electrons. The van der Waals surface area contributed by atoms with E-state index < -0.39 is 0 Å². The predicted molar refractivity (Wildman–Crippen MR) is 131 cm³/mol. The van der Waals surface area contributed by atoms with Crippen molar-refractivity contribution < 1.29 is 14.3 Å². The highest BCUT2D eigenvalue weighted by atomic mass is 32.1. The number of methoxy groups -OCH3 is 2. The van der Waals surface area contributed by atoms with E-state index in [2.05, 4.69) is 55.4 Å². The number of nitrogens with zero attached hydrogens (tertiary/aromatic N) is 4. The fraction of sp³-hybridized carbons (Fsp3) is 0.458. The number of hydrogen-bond acceptors (Lipinski definition) is 8. The lowest BCUT2D eigenvalue weighted by molar-refractivity contribution is 0.0955. The summed E-state index contributed by atoms with van der Waals surface area (Å²) >= 11 is 1.37. The van der Waals surface area contributed by atoms with Gasteiger partial charge in [0.2, 0.25) is 5.88 Å². The number of ether oxygens (including phenoxy) is 2. The molecular weight excluding hydrogens is 438 g/mol. The molecule has 0 saturated carbocycles. The lowest BCUT2D eigenvalue weighted by Gasteiger charge is -2.36. The maximum absolute atomic E-state index is 12.9. The first kappa shape index (κ1) is 23.4. The molecule has 1 aliphatic rings. The van der Waals surface area contributed by atoms with E-state index in [9.17, 15) is 4.79 Å². The van der Waals surface area contributed by atoms with Gasteiger partial charge in [0.15, 0.2) is 5.82 Å². The molecule has 1 N–H and O–H groups in total. The summed E-state index contributed by atoms with van der Waals surface area (Å²) in [5, 5.41) is 3.87. The van der Waals surface area contributed by atoms with Crippen molar-refractivity contribution in [3.8, 4) is 5.88 Å². The number of benzene rings is 1. The van der Waals surface area contributed by atoms with Gasteiger partial charge in [-0.1, -0.05) is 18.2 Å². The molecule has 4 rings (SSSR count). The molecule has 9 heteroatoms. The second-order valence-electron chi connectivity index (χ2n) is 8.09. The minimum atomic E-state index is -0.0697. The molecule has 33 heavy (non-hydrogen) atoms. The highest BCUT2D eigenvalue weighted by molar-refractivity contribution is 7.20. The molecule has 2 aromatic heterocycles. The molecule has 0 unspecified atom stereocenters. The molecule has 1 fully saturated rings. The number of hydrogen-bond donors (Lipinski definition) is 1. The number of carbonyl (C=O) groups is 1. The summed E-state index contributed by atoms with van der Waals surface area (Å²) in [4.78, 5) is 28.1. The van der Waals surface area contributed by atoms with Gasteiger partial charge in [-0.3, -0.25) is 9.69 Å². The lowest BCUT2D eigenvalue weighted by Crippen LogP contribution is -2.47. The average molecular weight is 470 g/mol. The van der Waals surface area contributed by atoms with E-state index in [1.807, 2.05) is 6.92 Å². The minimum absolute atomic E-state index is 0.0697. The Kier molecular flexibility index (Phi) is 7.74. The second kappa shape index (κ2) is 10.9. The Balaban J connectivity index is 1.28. The summed E-state index contributed by atoms with van der Waals surface area (Å²) in [6.45, 7) is 7.99.